The van der Waals surface area contributed by atoms with Gasteiger partial charge in [-0.15, -0.1) is 0 Å². The summed E-state index contributed by atoms with van der Waals surface area (Å²) in [5.74, 6) is -9.84. The van der Waals surface area contributed by atoms with Crippen molar-refractivity contribution in [1.82, 2.24) is 44.6 Å². The standard InChI is InChI=1S/C42H31ClF8N10O4S/c43-26-7-8-30(36-34(26)39(57-59(36)16-31(46)47)58-66(64,65)22-4-5-22)61-40(54-28-13-19(3-6-23(28)41(61)63)27-2-1-9-52-55-27)29(12-18-10-20(44)14-21(45)11-18)53-32(62)17-60-37-33(35(56-60)38(48)49)24-15-25(24)42(37,50)51/h1-3,6-11,13-14,22,24-25,29,31,38H,4-5,12,15-17H2,(H,53,62)(H,57,58)/t24-,25+,29-/m0/s1. The predicted molar refractivity (Wildman–Crippen MR) is 221 cm³/mol. The molecule has 3 atom stereocenters. The van der Waals surface area contributed by atoms with Gasteiger partial charge in [-0.1, -0.05) is 17.7 Å². The number of hydrogen-bond acceptors (Lipinski definition) is 9. The van der Waals surface area contributed by atoms with Crippen molar-refractivity contribution in [1.29, 1.82) is 0 Å². The highest BCUT2D eigenvalue weighted by Gasteiger charge is 2.67. The molecule has 3 aromatic carbocycles. The Morgan fingerprint density at radius 2 is 1.73 bits per heavy atom. The van der Waals surface area contributed by atoms with Gasteiger partial charge in [-0.3, -0.25) is 28.2 Å². The minimum Gasteiger partial charge on any atom is -0.344 e. The molecule has 3 aliphatic carbocycles. The fourth-order valence-electron chi connectivity index (χ4n) is 8.78. The summed E-state index contributed by atoms with van der Waals surface area (Å²) in [4.78, 5) is 34.1. The van der Waals surface area contributed by atoms with E-state index in [4.69, 9.17) is 16.6 Å². The molecule has 24 heteroatoms. The zero-order valence-electron chi connectivity index (χ0n) is 33.6. The lowest BCUT2D eigenvalue weighted by Gasteiger charge is -2.24. The number of fused-ring (bicyclic) bond motifs is 5. The van der Waals surface area contributed by atoms with E-state index in [2.05, 4.69) is 30.4 Å². The average molecular weight is 959 g/mol. The molecule has 2 N–H and O–H groups in total. The number of carbonyl (C=O) groups excluding carboxylic acids is 1. The second-order valence-corrected chi connectivity index (χ2v) is 18.7. The number of nitrogens with zero attached hydrogens (tertiary/aromatic N) is 8. The molecule has 14 nitrogen and oxygen atoms in total. The van der Waals surface area contributed by atoms with E-state index < -0.39 is 118 Å². The van der Waals surface area contributed by atoms with Crippen LogP contribution in [0.25, 0.3) is 38.8 Å². The Balaban J connectivity index is 1.19. The molecule has 3 aliphatic rings. The van der Waals surface area contributed by atoms with Crippen LogP contribution in [0.1, 0.15) is 66.0 Å². The first-order chi connectivity index (χ1) is 31.4. The number of carbonyl (C=O) groups is 1. The van der Waals surface area contributed by atoms with E-state index in [0.29, 0.717) is 34.8 Å². The summed E-state index contributed by atoms with van der Waals surface area (Å²) < 4.78 is 149. The Morgan fingerprint density at radius 1 is 0.970 bits per heavy atom. The van der Waals surface area contributed by atoms with Crippen molar-refractivity contribution in [3.8, 4) is 16.9 Å². The molecule has 0 bridgehead atoms. The van der Waals surface area contributed by atoms with E-state index in [-0.39, 0.29) is 50.1 Å². The third-order valence-corrected chi connectivity index (χ3v) is 14.0. The smallest absolute Gasteiger partial charge is 0.293 e. The van der Waals surface area contributed by atoms with Crippen LogP contribution in [0.15, 0.2) is 71.7 Å². The lowest BCUT2D eigenvalue weighted by molar-refractivity contribution is -0.123. The molecule has 0 radical (unpaired) electrons. The van der Waals surface area contributed by atoms with Crippen molar-refractivity contribution >= 4 is 55.2 Å². The van der Waals surface area contributed by atoms with Crippen LogP contribution in [0.2, 0.25) is 5.02 Å². The summed E-state index contributed by atoms with van der Waals surface area (Å²) in [5, 5.41) is 17.2. The Bertz CT molecular complexity index is 3290. The van der Waals surface area contributed by atoms with Crippen LogP contribution in [0.5, 0.6) is 0 Å². The van der Waals surface area contributed by atoms with E-state index in [9.17, 15) is 39.6 Å². The average Bonchev–Trinajstić information content (AvgIpc) is 4.18. The molecule has 0 saturated heterocycles. The van der Waals surface area contributed by atoms with Crippen molar-refractivity contribution in [2.75, 3.05) is 4.72 Å². The Morgan fingerprint density at radius 3 is 2.41 bits per heavy atom. The molecular weight excluding hydrogens is 928 g/mol. The topological polar surface area (TPSA) is 172 Å². The monoisotopic (exact) mass is 958 g/mol. The van der Waals surface area contributed by atoms with Gasteiger partial charge in [0, 0.05) is 35.7 Å². The molecule has 0 spiro atoms. The summed E-state index contributed by atoms with van der Waals surface area (Å²) in [7, 11) is -4.09. The van der Waals surface area contributed by atoms with Crippen LogP contribution in [0.3, 0.4) is 0 Å². The maximum atomic E-state index is 15.6. The molecule has 0 unspecified atom stereocenters. The highest BCUT2D eigenvalue weighted by Crippen LogP contribution is 2.68. The van der Waals surface area contributed by atoms with Gasteiger partial charge in [-0.2, -0.15) is 29.2 Å². The fourth-order valence-corrected chi connectivity index (χ4v) is 10.4. The molecule has 4 heterocycles. The molecule has 7 aromatic rings. The Hall–Kier alpha value is -6.49. The van der Waals surface area contributed by atoms with E-state index in [1.165, 1.54) is 36.5 Å². The second kappa shape index (κ2) is 15.8. The first-order valence-corrected chi connectivity index (χ1v) is 22.2. The number of sulfonamides is 1. The quantitative estimate of drug-likeness (QED) is 0.104. The molecule has 4 aromatic heterocycles. The van der Waals surface area contributed by atoms with Gasteiger partial charge in [0.2, 0.25) is 15.9 Å². The number of nitrogens with one attached hydrogen (secondary N) is 2. The lowest BCUT2D eigenvalue weighted by Crippen LogP contribution is -2.38. The molecule has 2 saturated carbocycles. The summed E-state index contributed by atoms with van der Waals surface area (Å²) in [6.45, 7) is -2.21. The van der Waals surface area contributed by atoms with E-state index >= 15 is 13.6 Å². The molecule has 66 heavy (non-hydrogen) atoms. The fraction of sp³-hybridized carbons (Fsp3) is 0.310. The van der Waals surface area contributed by atoms with Crippen LogP contribution in [-0.4, -0.2) is 65.3 Å². The lowest BCUT2D eigenvalue weighted by atomic mass is 10.0. The Labute approximate surface area is 371 Å². The first-order valence-electron chi connectivity index (χ1n) is 20.2. The Kier molecular flexibility index (Phi) is 10.4. The number of halogens is 9. The third-order valence-electron chi connectivity index (χ3n) is 11.8. The normalized spacial score (nSPS) is 18.0. The molecule has 342 valence electrons. The van der Waals surface area contributed by atoms with Crippen LogP contribution in [-0.2, 0) is 40.3 Å². The number of anilines is 1. The van der Waals surface area contributed by atoms with Crippen LogP contribution >= 0.6 is 11.6 Å². The highest BCUT2D eigenvalue weighted by molar-refractivity contribution is 7.93. The number of amides is 1. The van der Waals surface area contributed by atoms with Gasteiger partial charge in [-0.05, 0) is 79.3 Å². The number of benzene rings is 3. The molecule has 10 rings (SSSR count). The summed E-state index contributed by atoms with van der Waals surface area (Å²) >= 11 is 6.66. The van der Waals surface area contributed by atoms with Gasteiger partial charge >= 0.3 is 0 Å². The van der Waals surface area contributed by atoms with Crippen LogP contribution < -0.4 is 15.6 Å². The third kappa shape index (κ3) is 7.59. The van der Waals surface area contributed by atoms with Gasteiger partial charge in [0.15, 0.2) is 5.82 Å². The van der Waals surface area contributed by atoms with Crippen molar-refractivity contribution in [3.63, 3.8) is 0 Å². The SMILES string of the molecule is O=C(Cn1nc(C(F)F)c2c1C(F)(F)[C@@H]1C[C@H]21)N[C@@H](Cc1cc(F)cc(F)c1)c1nc2cc(-c3cccnn3)ccc2c(=O)n1-c1ccc(Cl)c2c(NS(=O)(=O)C3CC3)nn(CC(F)F)c12. The minimum absolute atomic E-state index is 0.0460. The highest BCUT2D eigenvalue weighted by atomic mass is 35.5. The number of rotatable bonds is 14. The maximum Gasteiger partial charge on any atom is 0.293 e. The summed E-state index contributed by atoms with van der Waals surface area (Å²) in [6.07, 6.45) is -4.90. The summed E-state index contributed by atoms with van der Waals surface area (Å²) in [6, 6.07) is 10.7. The second-order valence-electron chi connectivity index (χ2n) is 16.3. The predicted octanol–water partition coefficient (Wildman–Crippen LogP) is 7.74. The number of hydrogen-bond donors (Lipinski definition) is 2. The van der Waals surface area contributed by atoms with Gasteiger partial charge in [0.05, 0.1) is 49.5 Å². The molecule has 2 fully saturated rings. The van der Waals surface area contributed by atoms with E-state index in [1.807, 2.05) is 0 Å². The van der Waals surface area contributed by atoms with E-state index in [0.717, 1.165) is 21.4 Å². The number of alkyl halides is 6. The summed E-state index contributed by atoms with van der Waals surface area (Å²) in [5.41, 5.74) is -3.01. The van der Waals surface area contributed by atoms with Crippen LogP contribution in [0.4, 0.5) is 40.9 Å². The minimum atomic E-state index is -4.09. The maximum absolute atomic E-state index is 15.6. The van der Waals surface area contributed by atoms with Gasteiger partial charge in [0.25, 0.3) is 24.3 Å². The first kappa shape index (κ1) is 43.4. The largest absolute Gasteiger partial charge is 0.344 e. The van der Waals surface area contributed by atoms with Crippen molar-refractivity contribution in [2.45, 2.75) is 74.8 Å². The van der Waals surface area contributed by atoms with Gasteiger partial charge < -0.3 is 5.32 Å². The van der Waals surface area contributed by atoms with Crippen LogP contribution in [0, 0.1) is 17.6 Å². The van der Waals surface area contributed by atoms with E-state index in [1.54, 1.807) is 12.1 Å². The van der Waals surface area contributed by atoms with Crippen molar-refractivity contribution < 1.29 is 48.3 Å². The van der Waals surface area contributed by atoms with Gasteiger partial charge in [-0.25, -0.2) is 39.7 Å². The van der Waals surface area contributed by atoms with Gasteiger partial charge in [0.1, 0.15) is 41.9 Å². The zero-order chi connectivity index (χ0) is 46.6. The van der Waals surface area contributed by atoms with Crippen molar-refractivity contribution in [3.05, 3.63) is 122 Å². The zero-order valence-corrected chi connectivity index (χ0v) is 35.2. The van der Waals surface area contributed by atoms with Crippen molar-refractivity contribution in [2.24, 2.45) is 5.92 Å². The molecular formula is C42H31ClF8N10O4S. The molecule has 0 aliphatic heterocycles. The number of aromatic nitrogens is 8. The molecule has 1 amide bonds.